The average Bonchev–Trinajstić information content (AvgIpc) is 3.41. The van der Waals surface area contributed by atoms with E-state index in [1.54, 1.807) is 37.3 Å². The van der Waals surface area contributed by atoms with Gasteiger partial charge in [-0.25, -0.2) is 0 Å². The maximum Gasteiger partial charge on any atom is 0.417 e. The Balaban J connectivity index is 1.48. The molecule has 0 spiro atoms. The molecule has 0 saturated carbocycles. The van der Waals surface area contributed by atoms with Gasteiger partial charge in [0.25, 0.3) is 5.89 Å². The van der Waals surface area contributed by atoms with E-state index in [9.17, 15) is 18.0 Å². The van der Waals surface area contributed by atoms with Gasteiger partial charge in [0.15, 0.2) is 0 Å². The van der Waals surface area contributed by atoms with Crippen molar-refractivity contribution in [1.29, 1.82) is 0 Å². The lowest BCUT2D eigenvalue weighted by Crippen LogP contribution is -2.24. The van der Waals surface area contributed by atoms with Gasteiger partial charge in [0, 0.05) is 30.1 Å². The van der Waals surface area contributed by atoms with E-state index in [1.807, 2.05) is 38.1 Å². The first-order valence-corrected chi connectivity index (χ1v) is 12.8. The third-order valence-corrected chi connectivity index (χ3v) is 6.37. The first-order chi connectivity index (χ1) is 18.7. The van der Waals surface area contributed by atoms with Crippen molar-refractivity contribution in [2.45, 2.75) is 45.8 Å². The predicted octanol–water partition coefficient (Wildman–Crippen LogP) is 7.39. The number of nitrogens with one attached hydrogen (secondary N) is 1. The number of aryl methyl sites for hydroxylation is 1. The highest BCUT2D eigenvalue weighted by Crippen LogP contribution is 2.40. The van der Waals surface area contributed by atoms with Crippen molar-refractivity contribution in [3.8, 4) is 34.0 Å². The SMILES string of the molecule is CCCC(=O)OCCN[C@H](C)c1ccc(-c2noc(-c3ccc(-c4ccccc4C)c(C(F)(F)F)c3)n2)cc1. The number of halogens is 3. The molecule has 204 valence electrons. The minimum absolute atomic E-state index is 0.00330. The molecular formula is C30H30F3N3O3. The van der Waals surface area contributed by atoms with E-state index in [2.05, 4.69) is 15.5 Å². The Labute approximate surface area is 225 Å². The number of nitrogens with zero attached hydrogens (tertiary/aromatic N) is 2. The maximum atomic E-state index is 14.0. The van der Waals surface area contributed by atoms with Crippen LogP contribution < -0.4 is 5.32 Å². The molecular weight excluding hydrogens is 507 g/mol. The number of hydrogen-bond acceptors (Lipinski definition) is 6. The number of aromatic nitrogens is 2. The highest BCUT2D eigenvalue weighted by atomic mass is 19.4. The molecule has 0 saturated heterocycles. The lowest BCUT2D eigenvalue weighted by atomic mass is 9.94. The molecule has 0 bridgehead atoms. The van der Waals surface area contributed by atoms with Gasteiger partial charge in [-0.05, 0) is 54.7 Å². The molecule has 3 aromatic carbocycles. The molecule has 0 unspecified atom stereocenters. The van der Waals surface area contributed by atoms with Crippen LogP contribution in [0.15, 0.2) is 71.3 Å². The maximum absolute atomic E-state index is 14.0. The second-order valence-electron chi connectivity index (χ2n) is 9.26. The molecule has 1 N–H and O–H groups in total. The zero-order valence-corrected chi connectivity index (χ0v) is 22.0. The van der Waals surface area contributed by atoms with Crippen LogP contribution in [0.25, 0.3) is 34.0 Å². The van der Waals surface area contributed by atoms with Gasteiger partial charge in [0.05, 0.1) is 5.56 Å². The van der Waals surface area contributed by atoms with E-state index >= 15 is 0 Å². The van der Waals surface area contributed by atoms with Crippen molar-refractivity contribution >= 4 is 5.97 Å². The Bertz CT molecular complexity index is 1410. The molecule has 1 atom stereocenters. The van der Waals surface area contributed by atoms with Crippen LogP contribution in [0.4, 0.5) is 13.2 Å². The predicted molar refractivity (Wildman–Crippen MR) is 143 cm³/mol. The molecule has 1 heterocycles. The van der Waals surface area contributed by atoms with E-state index in [0.29, 0.717) is 30.7 Å². The van der Waals surface area contributed by atoms with Crippen molar-refractivity contribution in [3.63, 3.8) is 0 Å². The summed E-state index contributed by atoms with van der Waals surface area (Å²) in [5.74, 6) is 0.0766. The van der Waals surface area contributed by atoms with Crippen LogP contribution >= 0.6 is 0 Å². The second kappa shape index (κ2) is 12.3. The molecule has 1 aromatic heterocycles. The van der Waals surface area contributed by atoms with Gasteiger partial charge >= 0.3 is 12.1 Å². The summed E-state index contributed by atoms with van der Waals surface area (Å²) >= 11 is 0. The molecule has 6 nitrogen and oxygen atoms in total. The van der Waals surface area contributed by atoms with Crippen LogP contribution in [0.5, 0.6) is 0 Å². The summed E-state index contributed by atoms with van der Waals surface area (Å²) in [5.41, 5.74) is 2.46. The molecule has 0 radical (unpaired) electrons. The summed E-state index contributed by atoms with van der Waals surface area (Å²) in [6.07, 6.45) is -3.39. The Kier molecular flexibility index (Phi) is 8.81. The fourth-order valence-electron chi connectivity index (χ4n) is 4.24. The van der Waals surface area contributed by atoms with E-state index in [1.165, 1.54) is 6.07 Å². The van der Waals surface area contributed by atoms with Crippen molar-refractivity contribution in [2.24, 2.45) is 0 Å². The normalized spacial score (nSPS) is 12.4. The monoisotopic (exact) mass is 537 g/mol. The summed E-state index contributed by atoms with van der Waals surface area (Å²) < 4.78 is 52.5. The number of rotatable bonds is 10. The van der Waals surface area contributed by atoms with Gasteiger partial charge in [0.2, 0.25) is 5.82 Å². The molecule has 0 amide bonds. The Morgan fingerprint density at radius 3 is 2.44 bits per heavy atom. The summed E-state index contributed by atoms with van der Waals surface area (Å²) in [7, 11) is 0. The second-order valence-corrected chi connectivity index (χ2v) is 9.26. The molecule has 39 heavy (non-hydrogen) atoms. The van der Waals surface area contributed by atoms with Crippen LogP contribution in [0, 0.1) is 6.92 Å². The Morgan fingerprint density at radius 2 is 1.74 bits per heavy atom. The minimum atomic E-state index is -4.56. The molecule has 0 aliphatic carbocycles. The third-order valence-electron chi connectivity index (χ3n) is 6.37. The Morgan fingerprint density at radius 1 is 1.03 bits per heavy atom. The van der Waals surface area contributed by atoms with E-state index in [4.69, 9.17) is 9.26 Å². The van der Waals surface area contributed by atoms with Gasteiger partial charge in [-0.3, -0.25) is 4.79 Å². The Hall–Kier alpha value is -3.98. The lowest BCUT2D eigenvalue weighted by molar-refractivity contribution is -0.143. The molecule has 4 aromatic rings. The van der Waals surface area contributed by atoms with Crippen LogP contribution in [0.1, 0.15) is 49.4 Å². The quantitative estimate of drug-likeness (QED) is 0.168. The van der Waals surface area contributed by atoms with Crippen molar-refractivity contribution in [3.05, 3.63) is 83.4 Å². The topological polar surface area (TPSA) is 77.2 Å². The fraction of sp³-hybridized carbons (Fsp3) is 0.300. The zero-order chi connectivity index (χ0) is 28.0. The number of carbonyl (C=O) groups is 1. The third kappa shape index (κ3) is 6.92. The van der Waals surface area contributed by atoms with Crippen LogP contribution in [0.3, 0.4) is 0 Å². The number of ether oxygens (including phenoxy) is 1. The number of benzene rings is 3. The number of hydrogen-bond donors (Lipinski definition) is 1. The summed E-state index contributed by atoms with van der Waals surface area (Å²) in [4.78, 5) is 15.8. The summed E-state index contributed by atoms with van der Waals surface area (Å²) in [6, 6.07) is 18.5. The van der Waals surface area contributed by atoms with Crippen LogP contribution in [-0.4, -0.2) is 29.3 Å². The first kappa shape index (κ1) is 28.0. The van der Waals surface area contributed by atoms with E-state index < -0.39 is 11.7 Å². The fourth-order valence-corrected chi connectivity index (χ4v) is 4.24. The smallest absolute Gasteiger partial charge is 0.417 e. The number of alkyl halides is 3. The van der Waals surface area contributed by atoms with Crippen molar-refractivity contribution < 1.29 is 27.2 Å². The molecule has 9 heteroatoms. The van der Waals surface area contributed by atoms with Crippen molar-refractivity contribution in [1.82, 2.24) is 15.5 Å². The van der Waals surface area contributed by atoms with Gasteiger partial charge in [0.1, 0.15) is 6.61 Å². The summed E-state index contributed by atoms with van der Waals surface area (Å²) in [5, 5.41) is 7.28. The standard InChI is InChI=1S/C30H30F3N3O3/c1-4-7-27(37)38-17-16-34-20(3)21-10-12-22(13-11-21)28-35-29(39-36-28)23-14-15-25(26(18-23)30(31,32)33)24-9-6-5-8-19(24)2/h5-6,8-15,18,20,34H,4,7,16-17H2,1-3H3/t20-/m1/s1. The largest absolute Gasteiger partial charge is 0.464 e. The minimum Gasteiger partial charge on any atom is -0.464 e. The first-order valence-electron chi connectivity index (χ1n) is 12.8. The van der Waals surface area contributed by atoms with Crippen LogP contribution in [0.2, 0.25) is 0 Å². The molecule has 0 aliphatic heterocycles. The molecule has 0 aliphatic rings. The zero-order valence-electron chi connectivity index (χ0n) is 22.0. The van der Waals surface area contributed by atoms with Gasteiger partial charge < -0.3 is 14.6 Å². The van der Waals surface area contributed by atoms with E-state index in [0.717, 1.165) is 23.6 Å². The summed E-state index contributed by atoms with van der Waals surface area (Å²) in [6.45, 7) is 6.52. The van der Waals surface area contributed by atoms with E-state index in [-0.39, 0.29) is 34.9 Å². The highest BCUT2D eigenvalue weighted by molar-refractivity contribution is 5.74. The van der Waals surface area contributed by atoms with Gasteiger partial charge in [-0.1, -0.05) is 66.7 Å². The average molecular weight is 538 g/mol. The highest BCUT2D eigenvalue weighted by Gasteiger charge is 2.34. The van der Waals surface area contributed by atoms with Gasteiger partial charge in [-0.15, -0.1) is 0 Å². The molecule has 4 rings (SSSR count). The lowest BCUT2D eigenvalue weighted by Gasteiger charge is -2.15. The van der Waals surface area contributed by atoms with Crippen molar-refractivity contribution in [2.75, 3.05) is 13.2 Å². The number of carbonyl (C=O) groups excluding carboxylic acids is 1. The molecule has 0 fully saturated rings. The van der Waals surface area contributed by atoms with Gasteiger partial charge in [-0.2, -0.15) is 18.2 Å². The number of esters is 1. The van der Waals surface area contributed by atoms with Crippen LogP contribution in [-0.2, 0) is 15.7 Å².